The lowest BCUT2D eigenvalue weighted by Gasteiger charge is -2.37. The van der Waals surface area contributed by atoms with Crippen LogP contribution in [0.2, 0.25) is 0 Å². The van der Waals surface area contributed by atoms with E-state index < -0.39 is 27.4 Å². The van der Waals surface area contributed by atoms with Gasteiger partial charge in [0.2, 0.25) is 10.0 Å². The number of sulfonamides is 1. The molecule has 168 valence electrons. The number of nitrogens with one attached hydrogen (secondary N) is 2. The van der Waals surface area contributed by atoms with Crippen LogP contribution in [0.4, 0.5) is 0 Å². The smallest absolute Gasteiger partial charge is 0.331 e. The first-order valence-electron chi connectivity index (χ1n) is 10.3. The van der Waals surface area contributed by atoms with E-state index in [1.54, 1.807) is 11.3 Å². The average Bonchev–Trinajstić information content (AvgIpc) is 3.28. The largest absolute Gasteiger partial charge is 0.467 e. The van der Waals surface area contributed by atoms with E-state index in [1.165, 1.54) is 31.4 Å². The summed E-state index contributed by atoms with van der Waals surface area (Å²) in [6, 6.07) is 9.60. The zero-order chi connectivity index (χ0) is 22.5. The zero-order valence-electron chi connectivity index (χ0n) is 17.7. The summed E-state index contributed by atoms with van der Waals surface area (Å²) in [5.74, 6) is -0.372. The number of esters is 1. The van der Waals surface area contributed by atoms with Gasteiger partial charge in [-0.3, -0.25) is 4.79 Å². The molecule has 0 saturated heterocycles. The molecule has 0 spiro atoms. The normalized spacial score (nSPS) is 21.4. The maximum absolute atomic E-state index is 12.8. The first-order chi connectivity index (χ1) is 14.8. The van der Waals surface area contributed by atoms with Gasteiger partial charge < -0.3 is 10.1 Å². The van der Waals surface area contributed by atoms with Crippen LogP contribution < -0.4 is 10.0 Å². The zero-order valence-corrected chi connectivity index (χ0v) is 19.4. The second-order valence-electron chi connectivity index (χ2n) is 7.96. The molecule has 1 aliphatic carbocycles. The molecule has 0 aliphatic heterocycles. The summed E-state index contributed by atoms with van der Waals surface area (Å²) in [5.41, 5.74) is -0.744. The predicted molar refractivity (Wildman–Crippen MR) is 119 cm³/mol. The first kappa shape index (κ1) is 23.4. The lowest BCUT2D eigenvalue weighted by atomic mass is 9.77. The van der Waals surface area contributed by atoms with E-state index in [0.717, 1.165) is 17.7 Å². The second-order valence-corrected chi connectivity index (χ2v) is 10.8. The molecule has 1 heterocycles. The number of benzene rings is 1. The fourth-order valence-corrected chi connectivity index (χ4v) is 5.49. The molecule has 9 heteroatoms. The molecule has 31 heavy (non-hydrogen) atoms. The number of carbonyl (C=O) groups excluding carboxylic acids is 2. The van der Waals surface area contributed by atoms with E-state index in [4.69, 9.17) is 4.74 Å². The molecule has 1 aliphatic rings. The Morgan fingerprint density at radius 2 is 1.84 bits per heavy atom. The number of thiophene rings is 1. The lowest BCUT2D eigenvalue weighted by Crippen LogP contribution is -2.56. The molecule has 1 saturated carbocycles. The summed E-state index contributed by atoms with van der Waals surface area (Å²) in [6.45, 7) is 2.42. The highest BCUT2D eigenvalue weighted by Gasteiger charge is 2.43. The Balaban J connectivity index is 1.65. The highest BCUT2D eigenvalue weighted by atomic mass is 32.2. The Kier molecular flexibility index (Phi) is 7.51. The molecule has 1 fully saturated rings. The molecule has 3 rings (SSSR count). The van der Waals surface area contributed by atoms with Crippen LogP contribution >= 0.6 is 11.3 Å². The SMILES string of the molecule is COC(=O)C1(NC(=O)c2ccc(S(=O)(=O)NCCc3cccs3)cc2)CCC(C)CC1. The Bertz CT molecular complexity index is 993. The molecule has 0 atom stereocenters. The van der Waals surface area contributed by atoms with Gasteiger partial charge in [0.25, 0.3) is 5.91 Å². The molecule has 1 aromatic heterocycles. The molecule has 0 radical (unpaired) electrons. The quantitative estimate of drug-likeness (QED) is 0.585. The maximum atomic E-state index is 12.8. The van der Waals surface area contributed by atoms with E-state index in [2.05, 4.69) is 17.0 Å². The van der Waals surface area contributed by atoms with Crippen LogP contribution in [0.1, 0.15) is 47.8 Å². The third-order valence-electron chi connectivity index (χ3n) is 5.73. The van der Waals surface area contributed by atoms with Crippen molar-refractivity contribution in [1.29, 1.82) is 0 Å². The Morgan fingerprint density at radius 1 is 1.16 bits per heavy atom. The molecule has 2 aromatic rings. The second kappa shape index (κ2) is 9.93. The summed E-state index contributed by atoms with van der Waals surface area (Å²) < 4.78 is 32.5. The number of hydrogen-bond donors (Lipinski definition) is 2. The van der Waals surface area contributed by atoms with E-state index >= 15 is 0 Å². The number of hydrogen-bond acceptors (Lipinski definition) is 6. The summed E-state index contributed by atoms with van der Waals surface area (Å²) >= 11 is 1.58. The van der Waals surface area contributed by atoms with Crippen molar-refractivity contribution in [2.75, 3.05) is 13.7 Å². The molecule has 1 amide bonds. The molecule has 7 nitrogen and oxygen atoms in total. The van der Waals surface area contributed by atoms with E-state index in [-0.39, 0.29) is 4.90 Å². The maximum Gasteiger partial charge on any atom is 0.331 e. The third-order valence-corrected chi connectivity index (χ3v) is 8.14. The van der Waals surface area contributed by atoms with Gasteiger partial charge in [0.15, 0.2) is 0 Å². The van der Waals surface area contributed by atoms with Crippen LogP contribution in [0.3, 0.4) is 0 Å². The average molecular weight is 465 g/mol. The van der Waals surface area contributed by atoms with Gasteiger partial charge in [-0.15, -0.1) is 11.3 Å². The number of amides is 1. The van der Waals surface area contributed by atoms with Crippen molar-refractivity contribution in [2.45, 2.75) is 49.5 Å². The molecule has 0 unspecified atom stereocenters. The Morgan fingerprint density at radius 3 is 2.42 bits per heavy atom. The van der Waals surface area contributed by atoms with Gasteiger partial charge in [-0.1, -0.05) is 13.0 Å². The summed E-state index contributed by atoms with van der Waals surface area (Å²) in [5, 5.41) is 4.80. The highest BCUT2D eigenvalue weighted by Crippen LogP contribution is 2.33. The highest BCUT2D eigenvalue weighted by molar-refractivity contribution is 7.89. The van der Waals surface area contributed by atoms with Gasteiger partial charge in [0, 0.05) is 17.0 Å². The van der Waals surface area contributed by atoms with Crippen LogP contribution in [0.5, 0.6) is 0 Å². The lowest BCUT2D eigenvalue weighted by molar-refractivity contribution is -0.150. The van der Waals surface area contributed by atoms with Gasteiger partial charge in [-0.25, -0.2) is 17.9 Å². The van der Waals surface area contributed by atoms with Crippen molar-refractivity contribution in [3.63, 3.8) is 0 Å². The van der Waals surface area contributed by atoms with Gasteiger partial charge >= 0.3 is 5.97 Å². The third kappa shape index (κ3) is 5.72. The predicted octanol–water partition coefficient (Wildman–Crippen LogP) is 3.12. The fraction of sp³-hybridized carbons (Fsp3) is 0.455. The van der Waals surface area contributed by atoms with Crippen molar-refractivity contribution in [2.24, 2.45) is 5.92 Å². The monoisotopic (exact) mass is 464 g/mol. The number of methoxy groups -OCH3 is 1. The number of carbonyl (C=O) groups is 2. The van der Waals surface area contributed by atoms with Crippen LogP contribution in [-0.4, -0.2) is 39.5 Å². The van der Waals surface area contributed by atoms with Crippen molar-refractivity contribution < 1.29 is 22.7 Å². The van der Waals surface area contributed by atoms with Gasteiger partial charge in [0.1, 0.15) is 5.54 Å². The van der Waals surface area contributed by atoms with Crippen molar-refractivity contribution in [3.8, 4) is 0 Å². The minimum Gasteiger partial charge on any atom is -0.467 e. The van der Waals surface area contributed by atoms with E-state index in [0.29, 0.717) is 37.3 Å². The number of rotatable bonds is 8. The molecule has 1 aromatic carbocycles. The summed E-state index contributed by atoms with van der Waals surface area (Å²) in [6.07, 6.45) is 3.30. The van der Waals surface area contributed by atoms with E-state index in [9.17, 15) is 18.0 Å². The van der Waals surface area contributed by atoms with Gasteiger partial charge in [-0.2, -0.15) is 0 Å². The van der Waals surface area contributed by atoms with Crippen LogP contribution in [-0.2, 0) is 26.0 Å². The first-order valence-corrected chi connectivity index (χ1v) is 12.6. The van der Waals surface area contributed by atoms with Gasteiger partial charge in [0.05, 0.1) is 12.0 Å². The Hall–Kier alpha value is -2.23. The standard InChI is InChI=1S/C22H28N2O5S2/c1-16-9-12-22(13-10-16,21(26)29-2)24-20(25)17-5-7-19(8-6-17)31(27,28)23-14-11-18-4-3-15-30-18/h3-8,15-16,23H,9-14H2,1-2H3,(H,24,25). The molecular weight excluding hydrogens is 436 g/mol. The number of ether oxygens (including phenoxy) is 1. The summed E-state index contributed by atoms with van der Waals surface area (Å²) in [4.78, 5) is 26.4. The Labute approximate surface area is 187 Å². The minimum atomic E-state index is -3.67. The fourth-order valence-electron chi connectivity index (χ4n) is 3.75. The minimum absolute atomic E-state index is 0.0874. The topological polar surface area (TPSA) is 102 Å². The van der Waals surface area contributed by atoms with Gasteiger partial charge in [-0.05, 0) is 73.7 Å². The van der Waals surface area contributed by atoms with Crippen LogP contribution in [0, 0.1) is 5.92 Å². The molecule has 2 N–H and O–H groups in total. The molecule has 0 bridgehead atoms. The van der Waals surface area contributed by atoms with E-state index in [1.807, 2.05) is 17.5 Å². The molecular formula is C22H28N2O5S2. The van der Waals surface area contributed by atoms with Crippen molar-refractivity contribution in [3.05, 3.63) is 52.2 Å². The van der Waals surface area contributed by atoms with Crippen LogP contribution in [0.25, 0.3) is 0 Å². The van der Waals surface area contributed by atoms with Crippen molar-refractivity contribution >= 4 is 33.2 Å². The van der Waals surface area contributed by atoms with Crippen molar-refractivity contribution in [1.82, 2.24) is 10.0 Å². The van der Waals surface area contributed by atoms with Crippen LogP contribution in [0.15, 0.2) is 46.7 Å². The summed E-state index contributed by atoms with van der Waals surface area (Å²) in [7, 11) is -2.35.